The average molecular weight is 230 g/mol. The summed E-state index contributed by atoms with van der Waals surface area (Å²) in [6, 6.07) is 2.99. The molecule has 1 N–H and O–H groups in total. The molecular weight excluding hydrogens is 218 g/mol. The van der Waals surface area contributed by atoms with Gasteiger partial charge >= 0.3 is 12.6 Å². The minimum Gasteiger partial charge on any atom is -0.481 e. The molecule has 1 aromatic rings. The number of carboxylic acid groups (broad SMARTS) is 1. The summed E-state index contributed by atoms with van der Waals surface area (Å²) in [7, 11) is 0. The van der Waals surface area contributed by atoms with Gasteiger partial charge in [0, 0.05) is 0 Å². The number of hydrogen-bond acceptors (Lipinski definition) is 2. The van der Waals surface area contributed by atoms with Gasteiger partial charge in [0.15, 0.2) is 0 Å². The summed E-state index contributed by atoms with van der Waals surface area (Å²) < 4.78 is 28.5. The average Bonchev–Trinajstić information content (AvgIpc) is 2.11. The van der Waals surface area contributed by atoms with Gasteiger partial charge in [-0.05, 0) is 36.6 Å². The Kier molecular flexibility index (Phi) is 3.82. The van der Waals surface area contributed by atoms with Gasteiger partial charge in [0.25, 0.3) is 0 Å². The maximum Gasteiger partial charge on any atom is 0.387 e. The summed E-state index contributed by atoms with van der Waals surface area (Å²) in [5, 5.41) is 8.61. The number of benzene rings is 1. The van der Waals surface area contributed by atoms with Crippen molar-refractivity contribution in [2.45, 2.75) is 26.9 Å². The fraction of sp³-hybridized carbons (Fsp3) is 0.364. The van der Waals surface area contributed by atoms with Crippen molar-refractivity contribution in [3.63, 3.8) is 0 Å². The summed E-state index contributed by atoms with van der Waals surface area (Å²) in [5.74, 6) is -0.975. The molecule has 0 aliphatic carbocycles. The lowest BCUT2D eigenvalue weighted by Crippen LogP contribution is -2.06. The van der Waals surface area contributed by atoms with E-state index in [9.17, 15) is 13.6 Å². The van der Waals surface area contributed by atoms with Gasteiger partial charge < -0.3 is 9.84 Å². The van der Waals surface area contributed by atoms with Crippen LogP contribution in [0.5, 0.6) is 5.75 Å². The van der Waals surface area contributed by atoms with Gasteiger partial charge in [-0.1, -0.05) is 6.07 Å². The smallest absolute Gasteiger partial charge is 0.387 e. The van der Waals surface area contributed by atoms with E-state index in [0.717, 1.165) is 5.56 Å². The van der Waals surface area contributed by atoms with Crippen molar-refractivity contribution >= 4 is 5.97 Å². The molecule has 0 aromatic heterocycles. The van der Waals surface area contributed by atoms with Crippen LogP contribution < -0.4 is 4.74 Å². The van der Waals surface area contributed by atoms with Crippen LogP contribution in [-0.2, 0) is 11.2 Å². The number of ether oxygens (including phenoxy) is 1. The van der Waals surface area contributed by atoms with E-state index >= 15 is 0 Å². The van der Waals surface area contributed by atoms with E-state index in [1.54, 1.807) is 19.9 Å². The third kappa shape index (κ3) is 3.18. The second kappa shape index (κ2) is 4.92. The number of carbonyl (C=O) groups is 1. The fourth-order valence-corrected chi connectivity index (χ4v) is 1.39. The minimum atomic E-state index is -2.90. The number of halogens is 2. The predicted octanol–water partition coefficient (Wildman–Crippen LogP) is 2.53. The van der Waals surface area contributed by atoms with Crippen LogP contribution >= 0.6 is 0 Å². The molecule has 0 bridgehead atoms. The standard InChI is InChI=1S/C11H12F2O3/c1-6-3-8(5-10(14)15)4-9(7(6)2)16-11(12)13/h3-4,11H,5H2,1-2H3,(H,14,15). The molecule has 3 nitrogen and oxygen atoms in total. The molecule has 0 atom stereocenters. The molecule has 88 valence electrons. The molecule has 0 saturated carbocycles. The first-order valence-electron chi connectivity index (χ1n) is 4.67. The Morgan fingerprint density at radius 1 is 1.44 bits per heavy atom. The Labute approximate surface area is 91.7 Å². The van der Waals surface area contributed by atoms with E-state index in [0.29, 0.717) is 11.1 Å². The first kappa shape index (κ1) is 12.4. The molecule has 0 saturated heterocycles. The summed E-state index contributed by atoms with van der Waals surface area (Å²) in [6.07, 6.45) is -0.208. The zero-order chi connectivity index (χ0) is 12.3. The summed E-state index contributed by atoms with van der Waals surface area (Å²) >= 11 is 0. The number of aliphatic carboxylic acids is 1. The van der Waals surface area contributed by atoms with E-state index < -0.39 is 12.6 Å². The zero-order valence-corrected chi connectivity index (χ0v) is 8.96. The van der Waals surface area contributed by atoms with Crippen LogP contribution in [0, 0.1) is 13.8 Å². The first-order chi connectivity index (χ1) is 7.40. The zero-order valence-electron chi connectivity index (χ0n) is 8.96. The molecule has 0 radical (unpaired) electrons. The van der Waals surface area contributed by atoms with Gasteiger partial charge in [-0.15, -0.1) is 0 Å². The number of hydrogen-bond donors (Lipinski definition) is 1. The number of alkyl halides is 2. The first-order valence-corrected chi connectivity index (χ1v) is 4.67. The summed E-state index contributed by atoms with van der Waals surface area (Å²) in [6.45, 7) is 0.467. The molecular formula is C11H12F2O3. The number of rotatable bonds is 4. The highest BCUT2D eigenvalue weighted by Crippen LogP contribution is 2.25. The van der Waals surface area contributed by atoms with E-state index in [1.807, 2.05) is 0 Å². The highest BCUT2D eigenvalue weighted by atomic mass is 19.3. The lowest BCUT2D eigenvalue weighted by molar-refractivity contribution is -0.136. The van der Waals surface area contributed by atoms with E-state index in [2.05, 4.69) is 4.74 Å². The molecule has 0 heterocycles. The van der Waals surface area contributed by atoms with Crippen LogP contribution in [0.3, 0.4) is 0 Å². The maximum absolute atomic E-state index is 12.1. The van der Waals surface area contributed by atoms with Crippen molar-refractivity contribution in [2.24, 2.45) is 0 Å². The fourth-order valence-electron chi connectivity index (χ4n) is 1.39. The Balaban J connectivity index is 3.06. The third-order valence-corrected chi connectivity index (χ3v) is 2.25. The Hall–Kier alpha value is -1.65. The summed E-state index contributed by atoms with van der Waals surface area (Å²) in [5.41, 5.74) is 1.77. The number of carboxylic acids is 1. The van der Waals surface area contributed by atoms with Crippen molar-refractivity contribution in [1.29, 1.82) is 0 Å². The lowest BCUT2D eigenvalue weighted by Gasteiger charge is -2.12. The highest BCUT2D eigenvalue weighted by Gasteiger charge is 2.11. The van der Waals surface area contributed by atoms with Gasteiger partial charge in [-0.2, -0.15) is 8.78 Å². The van der Waals surface area contributed by atoms with Gasteiger partial charge in [-0.25, -0.2) is 0 Å². The molecule has 1 aromatic carbocycles. The van der Waals surface area contributed by atoms with Crippen molar-refractivity contribution in [3.05, 3.63) is 28.8 Å². The van der Waals surface area contributed by atoms with Crippen LogP contribution in [-0.4, -0.2) is 17.7 Å². The molecule has 0 unspecified atom stereocenters. The Morgan fingerprint density at radius 2 is 2.06 bits per heavy atom. The quantitative estimate of drug-likeness (QED) is 0.864. The van der Waals surface area contributed by atoms with E-state index in [1.165, 1.54) is 6.07 Å². The van der Waals surface area contributed by atoms with Crippen LogP contribution in [0.25, 0.3) is 0 Å². The third-order valence-electron chi connectivity index (χ3n) is 2.25. The van der Waals surface area contributed by atoms with E-state index in [4.69, 9.17) is 5.11 Å². The van der Waals surface area contributed by atoms with Gasteiger partial charge in [0.2, 0.25) is 0 Å². The topological polar surface area (TPSA) is 46.5 Å². The molecule has 0 spiro atoms. The van der Waals surface area contributed by atoms with Crippen molar-refractivity contribution in [1.82, 2.24) is 0 Å². The van der Waals surface area contributed by atoms with Gasteiger partial charge in [0.1, 0.15) is 5.75 Å². The van der Waals surface area contributed by atoms with Crippen molar-refractivity contribution in [3.8, 4) is 5.75 Å². The van der Waals surface area contributed by atoms with Crippen LogP contribution in [0.1, 0.15) is 16.7 Å². The summed E-state index contributed by atoms with van der Waals surface area (Å²) in [4.78, 5) is 10.5. The van der Waals surface area contributed by atoms with Crippen LogP contribution in [0.4, 0.5) is 8.78 Å². The van der Waals surface area contributed by atoms with Crippen LogP contribution in [0.15, 0.2) is 12.1 Å². The normalized spacial score (nSPS) is 10.6. The minimum absolute atomic E-state index is 0.0336. The Bertz CT molecular complexity index is 402. The Morgan fingerprint density at radius 3 is 2.56 bits per heavy atom. The molecule has 0 aliphatic rings. The molecule has 0 amide bonds. The largest absolute Gasteiger partial charge is 0.481 e. The van der Waals surface area contributed by atoms with Gasteiger partial charge in [0.05, 0.1) is 6.42 Å². The van der Waals surface area contributed by atoms with Crippen LogP contribution in [0.2, 0.25) is 0 Å². The van der Waals surface area contributed by atoms with E-state index in [-0.39, 0.29) is 12.2 Å². The molecule has 0 fully saturated rings. The number of aryl methyl sites for hydroxylation is 1. The van der Waals surface area contributed by atoms with Gasteiger partial charge in [-0.3, -0.25) is 4.79 Å². The second-order valence-corrected chi connectivity index (χ2v) is 3.48. The molecule has 0 aliphatic heterocycles. The van der Waals surface area contributed by atoms with Crippen molar-refractivity contribution in [2.75, 3.05) is 0 Å². The molecule has 5 heteroatoms. The molecule has 1 rings (SSSR count). The van der Waals surface area contributed by atoms with Crippen molar-refractivity contribution < 1.29 is 23.4 Å². The second-order valence-electron chi connectivity index (χ2n) is 3.48. The lowest BCUT2D eigenvalue weighted by atomic mass is 10.0. The SMILES string of the molecule is Cc1cc(CC(=O)O)cc(OC(F)F)c1C. The maximum atomic E-state index is 12.1. The molecule has 16 heavy (non-hydrogen) atoms. The predicted molar refractivity (Wildman–Crippen MR) is 53.9 cm³/mol. The highest BCUT2D eigenvalue weighted by molar-refractivity contribution is 5.70. The monoisotopic (exact) mass is 230 g/mol.